The first-order chi connectivity index (χ1) is 12.4. The third kappa shape index (κ3) is 5.19. The van der Waals surface area contributed by atoms with E-state index in [4.69, 9.17) is 9.47 Å². The number of carboxylic acid groups (broad SMARTS) is 2. The fraction of sp³-hybridized carbons (Fsp3) is 0.778. The Hall–Kier alpha value is -2.12. The summed E-state index contributed by atoms with van der Waals surface area (Å²) in [5.74, 6) is -6.89. The zero-order valence-corrected chi connectivity index (χ0v) is 14.6. The highest BCUT2D eigenvalue weighted by Gasteiger charge is 2.34. The molecule has 0 aromatic heterocycles. The molecule has 0 radical (unpaired) electrons. The second kappa shape index (κ2) is 9.54. The molecule has 0 unspecified atom stereocenters. The van der Waals surface area contributed by atoms with E-state index in [0.717, 1.165) is 25.7 Å². The molecule has 2 fully saturated rings. The Morgan fingerprint density at radius 2 is 0.923 bits per heavy atom. The SMILES string of the molecule is O=C([O-])[C@H]1CCCC[C@H]1C(=O)OCCOC(=O)[C@@H]1CCCC[C@@H]1C(=O)[O-]. The molecule has 0 spiro atoms. The van der Waals surface area contributed by atoms with E-state index in [0.29, 0.717) is 25.7 Å². The van der Waals surface area contributed by atoms with Crippen LogP contribution in [0.4, 0.5) is 0 Å². The summed E-state index contributed by atoms with van der Waals surface area (Å²) in [6, 6.07) is 0. The standard InChI is InChI=1S/C18H26O8/c19-15(20)11-5-1-3-7-13(11)17(23)25-9-10-26-18(24)14-8-4-2-6-12(14)16(21)22/h11-14H,1-10H2,(H,19,20)(H,21,22)/p-2/t11-,12-,13+,14+/m0/s1. The van der Waals surface area contributed by atoms with Crippen LogP contribution in [0.2, 0.25) is 0 Å². The van der Waals surface area contributed by atoms with E-state index in [2.05, 4.69) is 0 Å². The largest absolute Gasteiger partial charge is 0.550 e. The van der Waals surface area contributed by atoms with Gasteiger partial charge in [-0.3, -0.25) is 9.59 Å². The van der Waals surface area contributed by atoms with E-state index < -0.39 is 47.5 Å². The molecule has 2 aliphatic carbocycles. The Morgan fingerprint density at radius 3 is 1.23 bits per heavy atom. The molecule has 0 aliphatic heterocycles. The summed E-state index contributed by atoms with van der Waals surface area (Å²) in [5, 5.41) is 22.2. The number of esters is 2. The van der Waals surface area contributed by atoms with Crippen molar-refractivity contribution in [1.29, 1.82) is 0 Å². The lowest BCUT2D eigenvalue weighted by atomic mass is 9.79. The van der Waals surface area contributed by atoms with Crippen molar-refractivity contribution in [2.45, 2.75) is 51.4 Å². The summed E-state index contributed by atoms with van der Waals surface area (Å²) in [6.07, 6.45) is 4.64. The van der Waals surface area contributed by atoms with E-state index in [9.17, 15) is 29.4 Å². The molecule has 0 aromatic rings. The number of carbonyl (C=O) groups is 4. The molecule has 0 amide bonds. The Morgan fingerprint density at radius 1 is 0.615 bits per heavy atom. The van der Waals surface area contributed by atoms with Crippen LogP contribution < -0.4 is 10.2 Å². The minimum Gasteiger partial charge on any atom is -0.550 e. The smallest absolute Gasteiger partial charge is 0.309 e. The first kappa shape index (κ1) is 20.2. The normalized spacial score (nSPS) is 28.8. The zero-order valence-electron chi connectivity index (χ0n) is 14.6. The van der Waals surface area contributed by atoms with Crippen LogP contribution in [0.25, 0.3) is 0 Å². The molecule has 8 heteroatoms. The molecule has 0 heterocycles. The van der Waals surface area contributed by atoms with Crippen molar-refractivity contribution in [2.24, 2.45) is 23.7 Å². The van der Waals surface area contributed by atoms with Crippen molar-refractivity contribution in [3.8, 4) is 0 Å². The van der Waals surface area contributed by atoms with Crippen LogP contribution in [0, 0.1) is 23.7 Å². The molecule has 0 saturated heterocycles. The second-order valence-corrected chi connectivity index (χ2v) is 6.97. The summed E-state index contributed by atoms with van der Waals surface area (Å²) in [7, 11) is 0. The predicted molar refractivity (Wildman–Crippen MR) is 82.8 cm³/mol. The van der Waals surface area contributed by atoms with E-state index in [1.807, 2.05) is 0 Å². The van der Waals surface area contributed by atoms with Crippen LogP contribution in [0.1, 0.15) is 51.4 Å². The van der Waals surface area contributed by atoms with Crippen LogP contribution in [0.3, 0.4) is 0 Å². The fourth-order valence-electron chi connectivity index (χ4n) is 3.89. The van der Waals surface area contributed by atoms with E-state index in [1.54, 1.807) is 0 Å². The third-order valence-corrected chi connectivity index (χ3v) is 5.31. The van der Waals surface area contributed by atoms with E-state index in [1.165, 1.54) is 0 Å². The lowest BCUT2D eigenvalue weighted by Gasteiger charge is -2.31. The van der Waals surface area contributed by atoms with Gasteiger partial charge in [0.05, 0.1) is 11.8 Å². The Bertz CT molecular complexity index is 495. The van der Waals surface area contributed by atoms with Gasteiger partial charge in [0.15, 0.2) is 0 Å². The first-order valence-corrected chi connectivity index (χ1v) is 9.16. The van der Waals surface area contributed by atoms with Crippen LogP contribution in [-0.4, -0.2) is 37.1 Å². The van der Waals surface area contributed by atoms with Crippen LogP contribution in [0.15, 0.2) is 0 Å². The van der Waals surface area contributed by atoms with Gasteiger partial charge in [0.1, 0.15) is 13.2 Å². The number of hydrogen-bond donors (Lipinski definition) is 0. The highest BCUT2D eigenvalue weighted by atomic mass is 16.6. The van der Waals surface area contributed by atoms with Gasteiger partial charge in [-0.25, -0.2) is 0 Å². The third-order valence-electron chi connectivity index (χ3n) is 5.31. The van der Waals surface area contributed by atoms with Crippen molar-refractivity contribution in [2.75, 3.05) is 13.2 Å². The van der Waals surface area contributed by atoms with Gasteiger partial charge in [0.2, 0.25) is 0 Å². The Kier molecular flexibility index (Phi) is 7.41. The predicted octanol–water partition coefficient (Wildman–Crippen LogP) is -0.815. The molecule has 0 N–H and O–H groups in total. The highest BCUT2D eigenvalue weighted by Crippen LogP contribution is 2.31. The lowest BCUT2D eigenvalue weighted by molar-refractivity contribution is -0.315. The molecule has 146 valence electrons. The summed E-state index contributed by atoms with van der Waals surface area (Å²) in [4.78, 5) is 46.3. The molecule has 2 saturated carbocycles. The molecule has 2 rings (SSSR count). The molecule has 0 bridgehead atoms. The number of carboxylic acids is 2. The van der Waals surface area contributed by atoms with Crippen molar-refractivity contribution >= 4 is 23.9 Å². The quantitative estimate of drug-likeness (QED) is 0.421. The van der Waals surface area contributed by atoms with Gasteiger partial charge in [-0.15, -0.1) is 0 Å². The lowest BCUT2D eigenvalue weighted by Crippen LogP contribution is -2.42. The molecule has 0 aromatic carbocycles. The van der Waals surface area contributed by atoms with Crippen molar-refractivity contribution < 1.29 is 38.9 Å². The van der Waals surface area contributed by atoms with Gasteiger partial charge < -0.3 is 29.3 Å². The summed E-state index contributed by atoms with van der Waals surface area (Å²) in [5.41, 5.74) is 0. The topological polar surface area (TPSA) is 133 Å². The monoisotopic (exact) mass is 368 g/mol. The number of rotatable bonds is 7. The van der Waals surface area contributed by atoms with E-state index >= 15 is 0 Å². The maximum atomic E-state index is 12.1. The second-order valence-electron chi connectivity index (χ2n) is 6.97. The maximum Gasteiger partial charge on any atom is 0.309 e. The van der Waals surface area contributed by atoms with Crippen LogP contribution in [-0.2, 0) is 28.7 Å². The molecule has 26 heavy (non-hydrogen) atoms. The Balaban J connectivity index is 1.75. The first-order valence-electron chi connectivity index (χ1n) is 9.16. The molecular weight excluding hydrogens is 344 g/mol. The average molecular weight is 368 g/mol. The zero-order chi connectivity index (χ0) is 19.1. The van der Waals surface area contributed by atoms with Gasteiger partial charge in [0.25, 0.3) is 0 Å². The van der Waals surface area contributed by atoms with Crippen molar-refractivity contribution in [1.82, 2.24) is 0 Å². The summed E-state index contributed by atoms with van der Waals surface area (Å²) in [6.45, 7) is -0.382. The highest BCUT2D eigenvalue weighted by molar-refractivity contribution is 5.81. The number of carbonyl (C=O) groups excluding carboxylic acids is 4. The van der Waals surface area contributed by atoms with Crippen molar-refractivity contribution in [3.05, 3.63) is 0 Å². The Labute approximate surface area is 151 Å². The van der Waals surface area contributed by atoms with Gasteiger partial charge in [-0.2, -0.15) is 0 Å². The van der Waals surface area contributed by atoms with Crippen LogP contribution in [0.5, 0.6) is 0 Å². The fourth-order valence-corrected chi connectivity index (χ4v) is 3.89. The molecular formula is C18H24O8-2. The molecule has 2 aliphatic rings. The number of hydrogen-bond acceptors (Lipinski definition) is 8. The minimum absolute atomic E-state index is 0.191. The summed E-state index contributed by atoms with van der Waals surface area (Å²) < 4.78 is 10.1. The van der Waals surface area contributed by atoms with E-state index in [-0.39, 0.29) is 13.2 Å². The number of ether oxygens (including phenoxy) is 2. The van der Waals surface area contributed by atoms with Crippen molar-refractivity contribution in [3.63, 3.8) is 0 Å². The van der Waals surface area contributed by atoms with Crippen LogP contribution >= 0.6 is 0 Å². The molecule has 8 nitrogen and oxygen atoms in total. The minimum atomic E-state index is -1.25. The summed E-state index contributed by atoms with van der Waals surface area (Å²) >= 11 is 0. The maximum absolute atomic E-state index is 12.1. The van der Waals surface area contributed by atoms with Gasteiger partial charge in [-0.05, 0) is 25.7 Å². The van der Waals surface area contributed by atoms with Gasteiger partial charge in [-0.1, -0.05) is 25.7 Å². The van der Waals surface area contributed by atoms with Gasteiger partial charge in [0, 0.05) is 23.8 Å². The number of aliphatic carboxylic acids is 2. The molecule has 4 atom stereocenters. The van der Waals surface area contributed by atoms with Gasteiger partial charge >= 0.3 is 11.9 Å². The average Bonchev–Trinajstić information content (AvgIpc) is 2.64.